The molecule has 2 fully saturated rings. The number of ether oxygens (including phenoxy) is 2. The van der Waals surface area contributed by atoms with Gasteiger partial charge in [-0.2, -0.15) is 11.8 Å². The third-order valence-corrected chi connectivity index (χ3v) is 4.37. The predicted octanol–water partition coefficient (Wildman–Crippen LogP) is 0.511. The van der Waals surface area contributed by atoms with Gasteiger partial charge in [0.15, 0.2) is 11.9 Å². The highest BCUT2D eigenvalue weighted by atomic mass is 32.2. The average molecular weight is 275 g/mol. The van der Waals surface area contributed by atoms with Crippen LogP contribution in [0.5, 0.6) is 0 Å². The lowest BCUT2D eigenvalue weighted by Crippen LogP contribution is -2.48. The summed E-state index contributed by atoms with van der Waals surface area (Å²) in [5.41, 5.74) is 0. The van der Waals surface area contributed by atoms with Crippen molar-refractivity contribution in [3.8, 4) is 0 Å². The van der Waals surface area contributed by atoms with Crippen LogP contribution >= 0.6 is 11.8 Å². The molecule has 6 heteroatoms. The number of carbonyl (C=O) groups excluding carboxylic acids is 1. The molecule has 2 aliphatic heterocycles. The van der Waals surface area contributed by atoms with Crippen LogP contribution in [0.15, 0.2) is 0 Å². The summed E-state index contributed by atoms with van der Waals surface area (Å²) in [4.78, 5) is 11.9. The van der Waals surface area contributed by atoms with E-state index < -0.39 is 18.0 Å². The Morgan fingerprint density at radius 3 is 2.89 bits per heavy atom. The number of aliphatic hydroxyl groups is 1. The first-order valence-corrected chi connectivity index (χ1v) is 7.51. The fraction of sp³-hybridized carbons (Fsp3) is 0.917. The predicted molar refractivity (Wildman–Crippen MR) is 69.4 cm³/mol. The van der Waals surface area contributed by atoms with Crippen molar-refractivity contribution in [3.63, 3.8) is 0 Å². The zero-order valence-electron chi connectivity index (χ0n) is 10.8. The number of aliphatic hydroxyl groups excluding tert-OH is 1. The molecule has 2 rings (SSSR count). The van der Waals surface area contributed by atoms with Crippen LogP contribution in [0.4, 0.5) is 0 Å². The molecular formula is C12H21NO4S. The second-order valence-corrected chi connectivity index (χ2v) is 6.38. The average Bonchev–Trinajstić information content (AvgIpc) is 2.70. The lowest BCUT2D eigenvalue weighted by molar-refractivity contribution is -0.158. The Balaban J connectivity index is 1.81. The van der Waals surface area contributed by atoms with E-state index in [1.165, 1.54) is 0 Å². The van der Waals surface area contributed by atoms with E-state index in [0.29, 0.717) is 0 Å². The maximum Gasteiger partial charge on any atom is 0.251 e. The van der Waals surface area contributed by atoms with Crippen molar-refractivity contribution in [2.75, 3.05) is 18.1 Å². The summed E-state index contributed by atoms with van der Waals surface area (Å²) >= 11 is 1.84. The van der Waals surface area contributed by atoms with E-state index in [0.717, 1.165) is 24.3 Å². The third-order valence-electron chi connectivity index (χ3n) is 3.16. The molecule has 2 heterocycles. The minimum absolute atomic E-state index is 0.168. The van der Waals surface area contributed by atoms with Gasteiger partial charge in [0.1, 0.15) is 6.10 Å². The van der Waals surface area contributed by atoms with Crippen LogP contribution in [-0.4, -0.2) is 53.2 Å². The van der Waals surface area contributed by atoms with Gasteiger partial charge in [0.2, 0.25) is 0 Å². The van der Waals surface area contributed by atoms with E-state index in [2.05, 4.69) is 5.32 Å². The monoisotopic (exact) mass is 275 g/mol. The van der Waals surface area contributed by atoms with Gasteiger partial charge in [0.25, 0.3) is 5.91 Å². The van der Waals surface area contributed by atoms with E-state index in [1.807, 2.05) is 11.8 Å². The van der Waals surface area contributed by atoms with Gasteiger partial charge >= 0.3 is 0 Å². The second kappa shape index (κ2) is 5.77. The number of hydrogen-bond acceptors (Lipinski definition) is 5. The molecule has 0 aromatic carbocycles. The highest BCUT2D eigenvalue weighted by Gasteiger charge is 2.39. The molecule has 104 valence electrons. The van der Waals surface area contributed by atoms with Gasteiger partial charge in [-0.3, -0.25) is 4.79 Å². The van der Waals surface area contributed by atoms with Gasteiger partial charge in [-0.05, 0) is 32.4 Å². The number of carbonyl (C=O) groups is 1. The molecule has 3 atom stereocenters. The molecule has 2 N–H and O–H groups in total. The molecule has 0 aromatic rings. The summed E-state index contributed by atoms with van der Waals surface area (Å²) < 4.78 is 10.8. The van der Waals surface area contributed by atoms with Crippen LogP contribution in [0.1, 0.15) is 26.7 Å². The van der Waals surface area contributed by atoms with E-state index in [1.54, 1.807) is 13.8 Å². The highest BCUT2D eigenvalue weighted by molar-refractivity contribution is 7.99. The second-order valence-electron chi connectivity index (χ2n) is 5.23. The molecule has 0 radical (unpaired) electrons. The van der Waals surface area contributed by atoms with Gasteiger partial charge in [-0.1, -0.05) is 0 Å². The topological polar surface area (TPSA) is 67.8 Å². The lowest BCUT2D eigenvalue weighted by atomic mass is 10.1. The SMILES string of the molecule is CC1(C)OCC(C(O)C(=O)NC2CCCSC2)O1. The first-order chi connectivity index (χ1) is 8.48. The summed E-state index contributed by atoms with van der Waals surface area (Å²) in [6.07, 6.45) is 0.371. The standard InChI is InChI=1S/C12H21NO4S/c1-12(2)16-6-9(17-12)10(14)11(15)13-8-4-3-5-18-7-8/h8-10,14H,3-7H2,1-2H3,(H,13,15). The van der Waals surface area contributed by atoms with Crippen molar-refractivity contribution in [2.24, 2.45) is 0 Å². The molecule has 5 nitrogen and oxygen atoms in total. The number of rotatable bonds is 3. The van der Waals surface area contributed by atoms with Gasteiger partial charge in [0, 0.05) is 11.8 Å². The Hall–Kier alpha value is -0.300. The number of hydrogen-bond donors (Lipinski definition) is 2. The fourth-order valence-electron chi connectivity index (χ4n) is 2.18. The van der Waals surface area contributed by atoms with Crippen LogP contribution in [-0.2, 0) is 14.3 Å². The molecule has 0 saturated carbocycles. The highest BCUT2D eigenvalue weighted by Crippen LogP contribution is 2.24. The van der Waals surface area contributed by atoms with Crippen LogP contribution < -0.4 is 5.32 Å². The van der Waals surface area contributed by atoms with E-state index >= 15 is 0 Å². The van der Waals surface area contributed by atoms with Crippen molar-refractivity contribution < 1.29 is 19.4 Å². The Labute approximate surface area is 112 Å². The van der Waals surface area contributed by atoms with Crippen molar-refractivity contribution in [1.82, 2.24) is 5.32 Å². The van der Waals surface area contributed by atoms with Crippen molar-refractivity contribution in [2.45, 2.75) is 50.7 Å². The van der Waals surface area contributed by atoms with Crippen molar-refractivity contribution in [1.29, 1.82) is 0 Å². The number of thioether (sulfide) groups is 1. The molecule has 0 bridgehead atoms. The minimum atomic E-state index is -1.15. The lowest BCUT2D eigenvalue weighted by Gasteiger charge is -2.25. The molecule has 2 aliphatic rings. The smallest absolute Gasteiger partial charge is 0.251 e. The van der Waals surface area contributed by atoms with Crippen molar-refractivity contribution in [3.05, 3.63) is 0 Å². The van der Waals surface area contributed by atoms with Crippen molar-refractivity contribution >= 4 is 17.7 Å². The van der Waals surface area contributed by atoms with Gasteiger partial charge < -0.3 is 19.9 Å². The molecular weight excluding hydrogens is 254 g/mol. The molecule has 2 saturated heterocycles. The van der Waals surface area contributed by atoms with E-state index in [9.17, 15) is 9.90 Å². The maximum absolute atomic E-state index is 11.9. The fourth-order valence-corrected chi connectivity index (χ4v) is 3.25. The zero-order chi connectivity index (χ0) is 13.2. The minimum Gasteiger partial charge on any atom is -0.380 e. The zero-order valence-corrected chi connectivity index (χ0v) is 11.7. The van der Waals surface area contributed by atoms with Gasteiger partial charge in [-0.15, -0.1) is 0 Å². The Morgan fingerprint density at radius 2 is 2.33 bits per heavy atom. The molecule has 0 spiro atoms. The van der Waals surface area contributed by atoms with Crippen LogP contribution in [0, 0.1) is 0 Å². The largest absolute Gasteiger partial charge is 0.380 e. The van der Waals surface area contributed by atoms with Crippen LogP contribution in [0.3, 0.4) is 0 Å². The summed E-state index contributed by atoms with van der Waals surface area (Å²) in [6.45, 7) is 3.80. The number of nitrogens with one attached hydrogen (secondary N) is 1. The van der Waals surface area contributed by atoms with E-state index in [-0.39, 0.29) is 18.6 Å². The summed E-state index contributed by atoms with van der Waals surface area (Å²) in [5.74, 6) is 1.01. The Bertz CT molecular complexity index is 304. The van der Waals surface area contributed by atoms with Crippen LogP contribution in [0.25, 0.3) is 0 Å². The molecule has 1 amide bonds. The normalized spacial score (nSPS) is 33.1. The van der Waals surface area contributed by atoms with Gasteiger partial charge in [0.05, 0.1) is 6.61 Å². The quantitative estimate of drug-likeness (QED) is 0.785. The third kappa shape index (κ3) is 3.60. The molecule has 0 aromatic heterocycles. The molecule has 3 unspecified atom stereocenters. The van der Waals surface area contributed by atoms with E-state index in [4.69, 9.17) is 9.47 Å². The Morgan fingerprint density at radius 1 is 1.56 bits per heavy atom. The molecule has 18 heavy (non-hydrogen) atoms. The van der Waals surface area contributed by atoms with Gasteiger partial charge in [-0.25, -0.2) is 0 Å². The first-order valence-electron chi connectivity index (χ1n) is 6.36. The maximum atomic E-state index is 11.9. The summed E-state index contributed by atoms with van der Waals surface area (Å²) in [6, 6.07) is 0.168. The summed E-state index contributed by atoms with van der Waals surface area (Å²) in [5, 5.41) is 12.8. The molecule has 0 aliphatic carbocycles. The first kappa shape index (κ1) is 14.1. The van der Waals surface area contributed by atoms with Crippen LogP contribution in [0.2, 0.25) is 0 Å². The number of amides is 1. The summed E-state index contributed by atoms with van der Waals surface area (Å²) in [7, 11) is 0. The Kier molecular flexibility index (Phi) is 4.53.